The number of carbonyl (C=O) groups is 1. The Morgan fingerprint density at radius 2 is 1.57 bits per heavy atom. The highest BCUT2D eigenvalue weighted by molar-refractivity contribution is 5.89. The molecular formula is C26H28O4. The minimum Gasteiger partial charge on any atom is -0.489 e. The molecule has 0 aliphatic heterocycles. The average Bonchev–Trinajstić information content (AvgIpc) is 2.79. The van der Waals surface area contributed by atoms with Crippen molar-refractivity contribution in [3.63, 3.8) is 0 Å². The average molecular weight is 405 g/mol. The van der Waals surface area contributed by atoms with Crippen LogP contribution in [-0.2, 0) is 30.6 Å². The van der Waals surface area contributed by atoms with E-state index in [1.54, 1.807) is 12.1 Å². The Hall–Kier alpha value is -3.11. The number of methoxy groups -OCH3 is 1. The number of ether oxygens (including phenoxy) is 2. The van der Waals surface area contributed by atoms with Crippen LogP contribution < -0.4 is 4.74 Å². The number of carbonyl (C=O) groups excluding carboxylic acids is 1. The van der Waals surface area contributed by atoms with Crippen LogP contribution in [0.2, 0.25) is 0 Å². The summed E-state index contributed by atoms with van der Waals surface area (Å²) >= 11 is 0. The zero-order valence-corrected chi connectivity index (χ0v) is 17.3. The van der Waals surface area contributed by atoms with Crippen LogP contribution in [0.4, 0.5) is 0 Å². The second-order valence-corrected chi connectivity index (χ2v) is 7.23. The molecule has 0 bridgehead atoms. The molecule has 0 spiro atoms. The summed E-state index contributed by atoms with van der Waals surface area (Å²) < 4.78 is 10.8. The molecule has 0 saturated carbocycles. The summed E-state index contributed by atoms with van der Waals surface area (Å²) in [4.78, 5) is 11.6. The molecule has 4 heteroatoms. The van der Waals surface area contributed by atoms with E-state index in [0.29, 0.717) is 18.6 Å². The molecule has 4 nitrogen and oxygen atoms in total. The van der Waals surface area contributed by atoms with Crippen LogP contribution in [0.1, 0.15) is 39.0 Å². The molecule has 1 N–H and O–H groups in total. The van der Waals surface area contributed by atoms with Gasteiger partial charge in [-0.2, -0.15) is 0 Å². The Labute approximate surface area is 178 Å². The van der Waals surface area contributed by atoms with Crippen LogP contribution in [-0.4, -0.2) is 24.8 Å². The highest BCUT2D eigenvalue weighted by Crippen LogP contribution is 2.24. The van der Waals surface area contributed by atoms with Crippen molar-refractivity contribution < 1.29 is 19.4 Å². The van der Waals surface area contributed by atoms with Crippen LogP contribution in [0.3, 0.4) is 0 Å². The van der Waals surface area contributed by atoms with E-state index in [-0.39, 0.29) is 12.6 Å². The lowest BCUT2D eigenvalue weighted by atomic mass is 10.00. The van der Waals surface area contributed by atoms with Crippen LogP contribution in [0.25, 0.3) is 0 Å². The van der Waals surface area contributed by atoms with Crippen molar-refractivity contribution in [3.05, 3.63) is 101 Å². The molecule has 3 rings (SSSR count). The van der Waals surface area contributed by atoms with E-state index in [1.165, 1.54) is 12.7 Å². The monoisotopic (exact) mass is 404 g/mol. The fourth-order valence-electron chi connectivity index (χ4n) is 3.40. The Kier molecular flexibility index (Phi) is 8.04. The molecule has 0 radical (unpaired) electrons. The first-order chi connectivity index (χ1) is 14.7. The van der Waals surface area contributed by atoms with Crippen molar-refractivity contribution in [3.8, 4) is 5.75 Å². The number of benzene rings is 3. The van der Waals surface area contributed by atoms with E-state index in [9.17, 15) is 9.90 Å². The van der Waals surface area contributed by atoms with Gasteiger partial charge in [-0.25, -0.2) is 4.79 Å². The van der Waals surface area contributed by atoms with Crippen molar-refractivity contribution in [2.75, 3.05) is 13.7 Å². The molecule has 0 atom stereocenters. The van der Waals surface area contributed by atoms with Crippen LogP contribution in [0.5, 0.6) is 5.75 Å². The van der Waals surface area contributed by atoms with Gasteiger partial charge in [0, 0.05) is 6.61 Å². The SMILES string of the molecule is COC(=O)c1ccc(CCCc2cc(CCO)ccc2OCc2ccccc2)cc1. The van der Waals surface area contributed by atoms with Gasteiger partial charge in [-0.05, 0) is 66.1 Å². The minimum atomic E-state index is -0.317. The second kappa shape index (κ2) is 11.2. The third-order valence-corrected chi connectivity index (χ3v) is 5.05. The van der Waals surface area contributed by atoms with Gasteiger partial charge in [0.15, 0.2) is 0 Å². The first kappa shape index (κ1) is 21.6. The van der Waals surface area contributed by atoms with Gasteiger partial charge in [-0.15, -0.1) is 0 Å². The molecule has 0 aromatic heterocycles. The maximum Gasteiger partial charge on any atom is 0.337 e. The Bertz CT molecular complexity index is 933. The summed E-state index contributed by atoms with van der Waals surface area (Å²) in [5.41, 5.74) is 5.15. The van der Waals surface area contributed by atoms with E-state index in [4.69, 9.17) is 9.47 Å². The first-order valence-electron chi connectivity index (χ1n) is 10.3. The number of rotatable bonds is 10. The zero-order chi connectivity index (χ0) is 21.2. The van der Waals surface area contributed by atoms with Gasteiger partial charge in [0.05, 0.1) is 12.7 Å². The maximum atomic E-state index is 11.6. The first-order valence-corrected chi connectivity index (χ1v) is 10.3. The van der Waals surface area contributed by atoms with E-state index in [2.05, 4.69) is 18.2 Å². The molecule has 0 heterocycles. The molecule has 3 aromatic carbocycles. The smallest absolute Gasteiger partial charge is 0.337 e. The molecule has 0 amide bonds. The lowest BCUT2D eigenvalue weighted by Gasteiger charge is -2.14. The number of hydrogen-bond donors (Lipinski definition) is 1. The summed E-state index contributed by atoms with van der Waals surface area (Å²) in [6.07, 6.45) is 3.38. The molecule has 156 valence electrons. The predicted molar refractivity (Wildman–Crippen MR) is 118 cm³/mol. The summed E-state index contributed by atoms with van der Waals surface area (Å²) in [7, 11) is 1.39. The molecular weight excluding hydrogens is 376 g/mol. The molecule has 0 aliphatic rings. The van der Waals surface area contributed by atoms with Crippen LogP contribution in [0.15, 0.2) is 72.8 Å². The molecule has 0 saturated heterocycles. The van der Waals surface area contributed by atoms with Crippen LogP contribution in [0, 0.1) is 0 Å². The number of aryl methyl sites for hydroxylation is 2. The quantitative estimate of drug-likeness (QED) is 0.495. The van der Waals surface area contributed by atoms with E-state index in [0.717, 1.165) is 41.7 Å². The van der Waals surface area contributed by atoms with Gasteiger partial charge in [0.1, 0.15) is 12.4 Å². The van der Waals surface area contributed by atoms with E-state index < -0.39 is 0 Å². The highest BCUT2D eigenvalue weighted by atomic mass is 16.5. The Morgan fingerprint density at radius 3 is 2.27 bits per heavy atom. The van der Waals surface area contributed by atoms with Crippen molar-refractivity contribution in [1.29, 1.82) is 0 Å². The second-order valence-electron chi connectivity index (χ2n) is 7.23. The van der Waals surface area contributed by atoms with Crippen molar-refractivity contribution >= 4 is 5.97 Å². The lowest BCUT2D eigenvalue weighted by molar-refractivity contribution is 0.0600. The topological polar surface area (TPSA) is 55.8 Å². The van der Waals surface area contributed by atoms with Crippen molar-refractivity contribution in [2.24, 2.45) is 0 Å². The fraction of sp³-hybridized carbons (Fsp3) is 0.269. The van der Waals surface area contributed by atoms with Crippen molar-refractivity contribution in [1.82, 2.24) is 0 Å². The normalized spacial score (nSPS) is 10.6. The molecule has 0 aliphatic carbocycles. The van der Waals surface area contributed by atoms with Crippen LogP contribution >= 0.6 is 0 Å². The highest BCUT2D eigenvalue weighted by Gasteiger charge is 2.08. The maximum absolute atomic E-state index is 11.6. The number of hydrogen-bond acceptors (Lipinski definition) is 4. The van der Waals surface area contributed by atoms with E-state index >= 15 is 0 Å². The van der Waals surface area contributed by atoms with E-state index in [1.807, 2.05) is 42.5 Å². The fourth-order valence-corrected chi connectivity index (χ4v) is 3.40. The summed E-state index contributed by atoms with van der Waals surface area (Å²) in [6.45, 7) is 0.665. The number of esters is 1. The lowest BCUT2D eigenvalue weighted by Crippen LogP contribution is -2.02. The summed E-state index contributed by atoms with van der Waals surface area (Å²) in [6, 6.07) is 23.8. The molecule has 0 fully saturated rings. The molecule has 3 aromatic rings. The Morgan fingerprint density at radius 1 is 0.833 bits per heavy atom. The summed E-state index contributed by atoms with van der Waals surface area (Å²) in [5, 5.41) is 9.27. The van der Waals surface area contributed by atoms with Gasteiger partial charge in [-0.3, -0.25) is 0 Å². The van der Waals surface area contributed by atoms with Crippen molar-refractivity contribution in [2.45, 2.75) is 32.3 Å². The zero-order valence-electron chi connectivity index (χ0n) is 17.3. The van der Waals surface area contributed by atoms with Gasteiger partial charge in [-0.1, -0.05) is 54.6 Å². The number of aliphatic hydroxyl groups is 1. The van der Waals surface area contributed by atoms with Gasteiger partial charge in [0.25, 0.3) is 0 Å². The molecule has 30 heavy (non-hydrogen) atoms. The molecule has 0 unspecified atom stereocenters. The van der Waals surface area contributed by atoms with Gasteiger partial charge < -0.3 is 14.6 Å². The predicted octanol–water partition coefficient (Wildman–Crippen LogP) is 4.76. The third-order valence-electron chi connectivity index (χ3n) is 5.05. The third kappa shape index (κ3) is 6.19. The number of aliphatic hydroxyl groups excluding tert-OH is 1. The largest absolute Gasteiger partial charge is 0.489 e. The van der Waals surface area contributed by atoms with Gasteiger partial charge >= 0.3 is 5.97 Å². The Balaban J connectivity index is 1.63. The summed E-state index contributed by atoms with van der Waals surface area (Å²) in [5.74, 6) is 0.573. The minimum absolute atomic E-state index is 0.135. The standard InChI is InChI=1S/C26H28O4/c1-29-26(28)23-13-10-20(11-14-23)8-5-9-24-18-21(16-17-27)12-15-25(24)30-19-22-6-3-2-4-7-22/h2-4,6-7,10-15,18,27H,5,8-9,16-17,19H2,1H3. The van der Waals surface area contributed by atoms with Gasteiger partial charge in [0.2, 0.25) is 0 Å².